The van der Waals surface area contributed by atoms with Gasteiger partial charge in [0.2, 0.25) is 0 Å². The number of nitrogens with zero attached hydrogens (tertiary/aromatic N) is 2. The Morgan fingerprint density at radius 3 is 2.68 bits per heavy atom. The highest BCUT2D eigenvalue weighted by atomic mass is 35.5. The van der Waals surface area contributed by atoms with E-state index in [2.05, 4.69) is 0 Å². The first-order valence-electron chi connectivity index (χ1n) is 10.2. The number of halogens is 1. The number of hydrogen-bond donors (Lipinski definition) is 0. The van der Waals surface area contributed by atoms with E-state index >= 15 is 0 Å². The molecule has 1 amide bonds. The average Bonchev–Trinajstić information content (AvgIpc) is 3.41. The van der Waals surface area contributed by atoms with Gasteiger partial charge in [0.1, 0.15) is 11.5 Å². The molecule has 0 spiro atoms. The molecule has 8 heteroatoms. The van der Waals surface area contributed by atoms with Gasteiger partial charge in [0.15, 0.2) is 10.7 Å². The minimum Gasteiger partial charge on any atom is -0.497 e. The second-order valence-corrected chi connectivity index (χ2v) is 9.39. The van der Waals surface area contributed by atoms with E-state index in [9.17, 15) is 4.79 Å². The summed E-state index contributed by atoms with van der Waals surface area (Å²) in [7, 11) is 1.62. The molecule has 0 aliphatic carbocycles. The van der Waals surface area contributed by atoms with E-state index < -0.39 is 5.60 Å². The molecule has 1 aliphatic rings. The van der Waals surface area contributed by atoms with Crippen molar-refractivity contribution in [3.05, 3.63) is 47.5 Å². The Morgan fingerprint density at radius 1 is 1.26 bits per heavy atom. The van der Waals surface area contributed by atoms with Crippen molar-refractivity contribution >= 4 is 44.2 Å². The number of carbonyl (C=O) groups excluding carboxylic acids is 1. The number of methoxy groups -OCH3 is 1. The molecule has 1 fully saturated rings. The number of amides is 1. The van der Waals surface area contributed by atoms with Gasteiger partial charge in [-0.3, -0.25) is 9.69 Å². The number of ether oxygens (including phenoxy) is 3. The zero-order valence-corrected chi connectivity index (χ0v) is 19.3. The predicted octanol–water partition coefficient (Wildman–Crippen LogP) is 5.33. The van der Waals surface area contributed by atoms with E-state index in [0.29, 0.717) is 29.1 Å². The van der Waals surface area contributed by atoms with Crippen molar-refractivity contribution in [1.29, 1.82) is 0 Å². The van der Waals surface area contributed by atoms with Gasteiger partial charge in [0.05, 0.1) is 30.0 Å². The fourth-order valence-corrected chi connectivity index (χ4v) is 4.62. The first-order valence-corrected chi connectivity index (χ1v) is 11.4. The van der Waals surface area contributed by atoms with Crippen LogP contribution in [0.2, 0.25) is 5.02 Å². The molecule has 2 heterocycles. The van der Waals surface area contributed by atoms with Crippen LogP contribution in [0.5, 0.6) is 11.5 Å². The van der Waals surface area contributed by atoms with Crippen molar-refractivity contribution in [2.45, 2.75) is 38.4 Å². The lowest BCUT2D eigenvalue weighted by molar-refractivity contribution is -0.131. The quantitative estimate of drug-likeness (QED) is 0.477. The largest absolute Gasteiger partial charge is 0.497 e. The number of hydrogen-bond acceptors (Lipinski definition) is 6. The first kappa shape index (κ1) is 21.9. The zero-order valence-electron chi connectivity index (χ0n) is 17.8. The molecule has 1 atom stereocenters. The summed E-state index contributed by atoms with van der Waals surface area (Å²) in [5.41, 5.74) is -0.317. The van der Waals surface area contributed by atoms with Gasteiger partial charge < -0.3 is 14.2 Å². The maximum absolute atomic E-state index is 13.7. The molecule has 164 valence electrons. The van der Waals surface area contributed by atoms with Gasteiger partial charge in [-0.05, 0) is 63.1 Å². The van der Waals surface area contributed by atoms with Crippen LogP contribution in [0.3, 0.4) is 0 Å². The third kappa shape index (κ3) is 4.95. The molecule has 4 rings (SSSR count). The lowest BCUT2D eigenvalue weighted by Crippen LogP contribution is -2.51. The lowest BCUT2D eigenvalue weighted by Gasteiger charge is -2.32. The summed E-state index contributed by atoms with van der Waals surface area (Å²) in [6, 6.07) is 12.7. The number of carbonyl (C=O) groups is 1. The van der Waals surface area contributed by atoms with E-state index in [-0.39, 0.29) is 12.0 Å². The minimum absolute atomic E-state index is 0.0168. The fourth-order valence-electron chi connectivity index (χ4n) is 3.54. The van der Waals surface area contributed by atoms with Gasteiger partial charge in [-0.2, -0.15) is 0 Å². The summed E-state index contributed by atoms with van der Waals surface area (Å²) in [4.78, 5) is 20.1. The zero-order chi connectivity index (χ0) is 22.0. The molecule has 0 saturated carbocycles. The van der Waals surface area contributed by atoms with Crippen molar-refractivity contribution in [2.24, 2.45) is 0 Å². The van der Waals surface area contributed by atoms with Crippen LogP contribution in [0.25, 0.3) is 10.2 Å². The number of aromatic nitrogens is 1. The normalized spacial score (nSPS) is 16.5. The highest BCUT2D eigenvalue weighted by molar-refractivity contribution is 7.22. The van der Waals surface area contributed by atoms with Crippen molar-refractivity contribution in [3.8, 4) is 11.5 Å². The van der Waals surface area contributed by atoms with Gasteiger partial charge in [-0.25, -0.2) is 4.98 Å². The Balaban J connectivity index is 1.64. The van der Waals surface area contributed by atoms with Crippen LogP contribution >= 0.6 is 22.9 Å². The van der Waals surface area contributed by atoms with Crippen molar-refractivity contribution in [3.63, 3.8) is 0 Å². The number of rotatable bonds is 7. The van der Waals surface area contributed by atoms with E-state index in [4.69, 9.17) is 30.8 Å². The fraction of sp³-hybridized carbons (Fsp3) is 0.391. The monoisotopic (exact) mass is 460 g/mol. The highest BCUT2D eigenvalue weighted by Gasteiger charge is 2.38. The van der Waals surface area contributed by atoms with Crippen LogP contribution < -0.4 is 14.4 Å². The smallest absolute Gasteiger partial charge is 0.272 e. The van der Waals surface area contributed by atoms with E-state index in [0.717, 1.165) is 28.8 Å². The second-order valence-electron chi connectivity index (χ2n) is 7.95. The summed E-state index contributed by atoms with van der Waals surface area (Å²) in [6.07, 6.45) is 1.90. The van der Waals surface area contributed by atoms with Crippen molar-refractivity contribution in [2.75, 3.05) is 25.2 Å². The molecule has 1 saturated heterocycles. The van der Waals surface area contributed by atoms with E-state index in [1.54, 1.807) is 50.1 Å². The summed E-state index contributed by atoms with van der Waals surface area (Å²) < 4.78 is 18.2. The summed E-state index contributed by atoms with van der Waals surface area (Å²) in [5, 5.41) is 1.23. The summed E-state index contributed by atoms with van der Waals surface area (Å²) in [5.74, 6) is 1.13. The van der Waals surface area contributed by atoms with E-state index in [1.165, 1.54) is 11.3 Å². The van der Waals surface area contributed by atoms with E-state index in [1.807, 2.05) is 18.2 Å². The molecule has 1 aliphatic heterocycles. The Morgan fingerprint density at radius 2 is 2.00 bits per heavy atom. The molecule has 0 bridgehead atoms. The Hall–Kier alpha value is -2.35. The van der Waals surface area contributed by atoms with Gasteiger partial charge in [-0.1, -0.05) is 22.9 Å². The van der Waals surface area contributed by atoms with Gasteiger partial charge in [-0.15, -0.1) is 0 Å². The highest BCUT2D eigenvalue weighted by Crippen LogP contribution is 2.34. The molecule has 6 nitrogen and oxygen atoms in total. The topological polar surface area (TPSA) is 60.9 Å². The second kappa shape index (κ2) is 9.02. The van der Waals surface area contributed by atoms with Crippen LogP contribution in [0.4, 0.5) is 5.13 Å². The average molecular weight is 461 g/mol. The predicted molar refractivity (Wildman–Crippen MR) is 124 cm³/mol. The van der Waals surface area contributed by atoms with Gasteiger partial charge in [0, 0.05) is 17.7 Å². The maximum atomic E-state index is 13.7. The lowest BCUT2D eigenvalue weighted by atomic mass is 10.1. The van der Waals surface area contributed by atoms with Crippen LogP contribution in [0.15, 0.2) is 42.5 Å². The molecule has 2 aromatic carbocycles. The standard InChI is InChI=1S/C23H25ClN2O4S/c1-23(2,30-16-8-6-15(24)7-9-16)21(27)26(14-18-5-4-12-29-18)22-25-19-13-17(28-3)10-11-20(19)31-22/h6-11,13,18H,4-5,12,14H2,1-3H3. The molecular weight excluding hydrogens is 436 g/mol. The maximum Gasteiger partial charge on any atom is 0.272 e. The molecule has 3 aromatic rings. The number of thiazole rings is 1. The SMILES string of the molecule is COc1ccc2sc(N(CC3CCCO3)C(=O)C(C)(C)Oc3ccc(Cl)cc3)nc2c1. The van der Waals surface area contributed by atoms with Gasteiger partial charge in [0.25, 0.3) is 5.91 Å². The molecule has 0 radical (unpaired) electrons. The molecule has 1 unspecified atom stereocenters. The number of fused-ring (bicyclic) bond motifs is 1. The van der Waals surface area contributed by atoms with Crippen LogP contribution in [-0.2, 0) is 9.53 Å². The number of anilines is 1. The Kier molecular flexibility index (Phi) is 6.36. The molecular formula is C23H25ClN2O4S. The van der Waals surface area contributed by atoms with Crippen LogP contribution in [0.1, 0.15) is 26.7 Å². The number of benzene rings is 2. The summed E-state index contributed by atoms with van der Waals surface area (Å²) >= 11 is 7.44. The third-order valence-corrected chi connectivity index (χ3v) is 6.48. The Labute approximate surface area is 190 Å². The van der Waals surface area contributed by atoms with Crippen LogP contribution in [0, 0.1) is 0 Å². The summed E-state index contributed by atoms with van der Waals surface area (Å²) in [6.45, 7) is 4.68. The molecule has 1 aromatic heterocycles. The van der Waals surface area contributed by atoms with Crippen molar-refractivity contribution in [1.82, 2.24) is 4.98 Å². The molecule has 0 N–H and O–H groups in total. The first-order chi connectivity index (χ1) is 14.9. The van der Waals surface area contributed by atoms with Crippen LogP contribution in [-0.4, -0.2) is 42.9 Å². The third-order valence-electron chi connectivity index (χ3n) is 5.17. The molecule has 31 heavy (non-hydrogen) atoms. The minimum atomic E-state index is -1.11. The van der Waals surface area contributed by atoms with Gasteiger partial charge >= 0.3 is 0 Å². The Bertz CT molecular complexity index is 1060. The van der Waals surface area contributed by atoms with Crippen molar-refractivity contribution < 1.29 is 19.0 Å².